The first kappa shape index (κ1) is 32.9. The molecule has 0 spiro atoms. The predicted octanol–water partition coefficient (Wildman–Crippen LogP) is 9.23. The van der Waals surface area contributed by atoms with Crippen LogP contribution < -0.4 is 0 Å². The topological polar surface area (TPSA) is 71.1 Å². The first-order valence-electron chi connectivity index (χ1n) is 14.2. The molecule has 214 valence electrons. The van der Waals surface area contributed by atoms with Gasteiger partial charge < -0.3 is 18.1 Å². The Morgan fingerprint density at radius 3 is 1.58 bits per heavy atom. The molecule has 2 aromatic rings. The van der Waals surface area contributed by atoms with Gasteiger partial charge in [-0.1, -0.05) is 86.8 Å². The fraction of sp³-hybridized carbons (Fsp3) is 0.600. The summed E-state index contributed by atoms with van der Waals surface area (Å²) in [5, 5.41) is 0. The third-order valence-corrected chi connectivity index (χ3v) is 11.6. The van der Waals surface area contributed by atoms with E-state index >= 15 is 0 Å². The van der Waals surface area contributed by atoms with Gasteiger partial charge in [0.1, 0.15) is 0 Å². The first-order chi connectivity index (χ1) is 18.3. The minimum Gasteiger partial charge on any atom is -0.309 e. The van der Waals surface area contributed by atoms with Crippen LogP contribution in [0.4, 0.5) is 0 Å². The number of unbranched alkanes of at least 4 members (excludes halogenated alkanes) is 2. The second kappa shape index (κ2) is 16.8. The predicted molar refractivity (Wildman–Crippen MR) is 157 cm³/mol. The Labute approximate surface area is 230 Å². The van der Waals surface area contributed by atoms with Gasteiger partial charge in [0.15, 0.2) is 0 Å². The van der Waals surface area contributed by atoms with Crippen molar-refractivity contribution in [3.63, 3.8) is 0 Å². The van der Waals surface area contributed by atoms with Crippen LogP contribution in [0.5, 0.6) is 0 Å². The van der Waals surface area contributed by atoms with E-state index in [1.165, 1.54) is 11.1 Å². The SMILES string of the molecule is CCCCCC(CC(CCP(=O)(OCC)OCC)P(=O)(OCC)OCC)(c1ccccc1)c1ccccc1. The summed E-state index contributed by atoms with van der Waals surface area (Å²) in [6.45, 7) is 10.6. The average molecular weight is 567 g/mol. The molecule has 0 amide bonds. The summed E-state index contributed by atoms with van der Waals surface area (Å²) >= 11 is 0. The fourth-order valence-corrected chi connectivity index (χ4v) is 9.38. The van der Waals surface area contributed by atoms with Crippen molar-refractivity contribution in [3.8, 4) is 0 Å². The molecule has 38 heavy (non-hydrogen) atoms. The van der Waals surface area contributed by atoms with Crippen LogP contribution >= 0.6 is 15.2 Å². The van der Waals surface area contributed by atoms with Crippen molar-refractivity contribution in [3.05, 3.63) is 71.8 Å². The van der Waals surface area contributed by atoms with E-state index < -0.39 is 26.3 Å². The van der Waals surface area contributed by atoms with Crippen molar-refractivity contribution in [2.75, 3.05) is 32.6 Å². The highest BCUT2D eigenvalue weighted by Gasteiger charge is 2.45. The molecule has 6 nitrogen and oxygen atoms in total. The maximum atomic E-state index is 14.4. The summed E-state index contributed by atoms with van der Waals surface area (Å²) in [5.41, 5.74) is 1.42. The molecule has 2 aromatic carbocycles. The molecule has 0 heterocycles. The van der Waals surface area contributed by atoms with Crippen molar-refractivity contribution in [2.45, 2.75) is 84.2 Å². The molecule has 0 aromatic heterocycles. The van der Waals surface area contributed by atoms with E-state index in [0.29, 0.717) is 12.8 Å². The summed E-state index contributed by atoms with van der Waals surface area (Å²) in [4.78, 5) is 0. The van der Waals surface area contributed by atoms with E-state index in [2.05, 4.69) is 55.5 Å². The summed E-state index contributed by atoms with van der Waals surface area (Å²) in [6, 6.07) is 20.9. The van der Waals surface area contributed by atoms with Crippen molar-refractivity contribution < 1.29 is 27.2 Å². The first-order valence-corrected chi connectivity index (χ1v) is 17.5. The highest BCUT2D eigenvalue weighted by molar-refractivity contribution is 7.55. The van der Waals surface area contributed by atoms with E-state index in [0.717, 1.165) is 25.7 Å². The Kier molecular flexibility index (Phi) is 14.5. The Balaban J connectivity index is 2.66. The van der Waals surface area contributed by atoms with Crippen molar-refractivity contribution >= 4 is 15.2 Å². The molecule has 0 aliphatic heterocycles. The van der Waals surface area contributed by atoms with Crippen molar-refractivity contribution in [2.24, 2.45) is 0 Å². The number of hydrogen-bond donors (Lipinski definition) is 0. The lowest BCUT2D eigenvalue weighted by Crippen LogP contribution is -2.34. The fourth-order valence-electron chi connectivity index (χ4n) is 5.23. The third-order valence-electron chi connectivity index (χ3n) is 6.90. The zero-order valence-corrected chi connectivity index (χ0v) is 25.8. The number of benzene rings is 2. The van der Waals surface area contributed by atoms with Gasteiger partial charge in [-0.25, -0.2) is 0 Å². The molecular weight excluding hydrogens is 518 g/mol. The second-order valence-electron chi connectivity index (χ2n) is 9.46. The Morgan fingerprint density at radius 2 is 1.16 bits per heavy atom. The highest BCUT2D eigenvalue weighted by atomic mass is 31.2. The van der Waals surface area contributed by atoms with Crippen LogP contribution in [0, 0.1) is 0 Å². The summed E-state index contributed by atoms with van der Waals surface area (Å²) < 4.78 is 50.9. The van der Waals surface area contributed by atoms with Crippen LogP contribution in [0.1, 0.15) is 84.3 Å². The molecule has 0 N–H and O–H groups in total. The summed E-state index contributed by atoms with van der Waals surface area (Å²) in [7, 11) is -6.91. The lowest BCUT2D eigenvalue weighted by atomic mass is 9.68. The largest absolute Gasteiger partial charge is 0.333 e. The van der Waals surface area contributed by atoms with E-state index in [4.69, 9.17) is 18.1 Å². The molecule has 0 aliphatic rings. The molecule has 0 aliphatic carbocycles. The smallest absolute Gasteiger partial charge is 0.309 e. The van der Waals surface area contributed by atoms with E-state index in [-0.39, 0.29) is 32.6 Å². The maximum absolute atomic E-state index is 14.4. The highest BCUT2D eigenvalue weighted by Crippen LogP contribution is 2.61. The van der Waals surface area contributed by atoms with Gasteiger partial charge in [-0.2, -0.15) is 0 Å². The summed E-state index contributed by atoms with van der Waals surface area (Å²) in [6.07, 6.45) is 5.13. The van der Waals surface area contributed by atoms with Gasteiger partial charge in [-0.15, -0.1) is 0 Å². The van der Waals surface area contributed by atoms with Crippen molar-refractivity contribution in [1.82, 2.24) is 0 Å². The second-order valence-corrected chi connectivity index (χ2v) is 14.0. The van der Waals surface area contributed by atoms with Crippen LogP contribution in [-0.2, 0) is 32.6 Å². The van der Waals surface area contributed by atoms with Gasteiger partial charge in [0.05, 0.1) is 38.2 Å². The van der Waals surface area contributed by atoms with Gasteiger partial charge in [-0.05, 0) is 58.1 Å². The van der Waals surface area contributed by atoms with Crippen molar-refractivity contribution in [1.29, 1.82) is 0 Å². The van der Waals surface area contributed by atoms with E-state index in [9.17, 15) is 9.13 Å². The molecular formula is C30H48O6P2. The van der Waals surface area contributed by atoms with Crippen LogP contribution in [0.3, 0.4) is 0 Å². The zero-order valence-electron chi connectivity index (χ0n) is 24.0. The Morgan fingerprint density at radius 1 is 0.684 bits per heavy atom. The van der Waals surface area contributed by atoms with E-state index in [1.54, 1.807) is 13.8 Å². The van der Waals surface area contributed by atoms with Gasteiger partial charge in [0.2, 0.25) is 0 Å². The van der Waals surface area contributed by atoms with E-state index in [1.807, 2.05) is 26.0 Å². The molecule has 0 bridgehead atoms. The van der Waals surface area contributed by atoms with Gasteiger partial charge in [-0.3, -0.25) is 9.13 Å². The molecule has 0 radical (unpaired) electrons. The van der Waals surface area contributed by atoms with Crippen LogP contribution in [-0.4, -0.2) is 38.2 Å². The molecule has 0 saturated heterocycles. The van der Waals surface area contributed by atoms with Crippen LogP contribution in [0.2, 0.25) is 0 Å². The van der Waals surface area contributed by atoms with Gasteiger partial charge in [0, 0.05) is 5.41 Å². The normalized spacial score (nSPS) is 13.5. The molecule has 1 unspecified atom stereocenters. The maximum Gasteiger partial charge on any atom is 0.333 e. The Bertz CT molecular complexity index is 939. The number of hydrogen-bond acceptors (Lipinski definition) is 6. The minimum absolute atomic E-state index is 0.151. The number of rotatable bonds is 20. The average Bonchev–Trinajstić information content (AvgIpc) is 2.91. The molecule has 1 atom stereocenters. The lowest BCUT2D eigenvalue weighted by Gasteiger charge is -2.40. The lowest BCUT2D eigenvalue weighted by molar-refractivity contribution is 0.202. The van der Waals surface area contributed by atoms with Crippen LogP contribution in [0.15, 0.2) is 60.7 Å². The van der Waals surface area contributed by atoms with Gasteiger partial charge >= 0.3 is 15.2 Å². The molecule has 0 fully saturated rings. The molecule has 0 saturated carbocycles. The molecule has 8 heteroatoms. The standard InChI is InChI=1S/C30H48O6P2/c1-6-11-18-24-30(27-19-14-12-15-20-27,28-21-16-13-17-22-28)26-29(38(32,35-9-4)36-10-5)23-25-37(31,33-7-2)34-8-3/h12-17,19-22,29H,6-11,18,23-26H2,1-5H3. The third kappa shape index (κ3) is 9.15. The summed E-state index contributed by atoms with van der Waals surface area (Å²) in [5.74, 6) is 0. The minimum atomic E-state index is -3.56. The monoisotopic (exact) mass is 566 g/mol. The molecule has 2 rings (SSSR count). The van der Waals surface area contributed by atoms with Gasteiger partial charge in [0.25, 0.3) is 0 Å². The Hall–Kier alpha value is -1.26. The quantitative estimate of drug-likeness (QED) is 0.118. The zero-order chi connectivity index (χ0) is 27.9. The van der Waals surface area contributed by atoms with Crippen LogP contribution in [0.25, 0.3) is 0 Å².